The number of urea groups is 1. The average molecular weight is 354 g/mol. The maximum atomic E-state index is 13.1. The van der Waals surface area contributed by atoms with Crippen LogP contribution in [0.25, 0.3) is 5.69 Å². The summed E-state index contributed by atoms with van der Waals surface area (Å²) in [5, 5.41) is 0. The Morgan fingerprint density at radius 2 is 1.77 bits per heavy atom. The van der Waals surface area contributed by atoms with Gasteiger partial charge in [-0.15, -0.1) is 0 Å². The molecule has 0 saturated carbocycles. The number of imide groups is 1. The summed E-state index contributed by atoms with van der Waals surface area (Å²) in [6.07, 6.45) is 1.53. The van der Waals surface area contributed by atoms with Crippen molar-refractivity contribution in [2.24, 2.45) is 13.0 Å². The summed E-state index contributed by atoms with van der Waals surface area (Å²) in [7, 11) is 1.76. The number of anilines is 1. The number of para-hydroxylation sites is 1. The van der Waals surface area contributed by atoms with E-state index in [1.807, 2.05) is 30.3 Å². The number of nitrogens with zero attached hydrogens (tertiary/aromatic N) is 4. The number of fused-ring (bicyclic) bond motifs is 1. The Balaban J connectivity index is 1.83. The number of benzene rings is 1. The summed E-state index contributed by atoms with van der Waals surface area (Å²) in [5.74, 6) is 0.110. The lowest BCUT2D eigenvalue weighted by Gasteiger charge is -2.30. The molecule has 2 fully saturated rings. The quantitative estimate of drug-likeness (QED) is 0.775. The highest BCUT2D eigenvalue weighted by molar-refractivity contribution is 6.21. The van der Waals surface area contributed by atoms with E-state index in [0.29, 0.717) is 30.3 Å². The molecular weight excluding hydrogens is 332 g/mol. The molecule has 2 aromatic rings. The minimum absolute atomic E-state index is 0.161. The van der Waals surface area contributed by atoms with Gasteiger partial charge in [-0.25, -0.2) is 14.4 Å². The van der Waals surface area contributed by atoms with Gasteiger partial charge >= 0.3 is 6.03 Å². The summed E-state index contributed by atoms with van der Waals surface area (Å²) >= 11 is 0. The van der Waals surface area contributed by atoms with E-state index < -0.39 is 6.04 Å². The van der Waals surface area contributed by atoms with Gasteiger partial charge in [-0.3, -0.25) is 14.3 Å². The van der Waals surface area contributed by atoms with E-state index in [1.165, 1.54) is 4.68 Å². The molecule has 0 aliphatic carbocycles. The fourth-order valence-corrected chi connectivity index (χ4v) is 3.99. The molecule has 3 heterocycles. The zero-order chi connectivity index (χ0) is 18.6. The van der Waals surface area contributed by atoms with Gasteiger partial charge in [-0.1, -0.05) is 25.1 Å². The predicted molar refractivity (Wildman–Crippen MR) is 97.5 cm³/mol. The van der Waals surface area contributed by atoms with Gasteiger partial charge in [0.2, 0.25) is 0 Å². The summed E-state index contributed by atoms with van der Waals surface area (Å²) in [6.45, 7) is 4.41. The summed E-state index contributed by atoms with van der Waals surface area (Å²) in [4.78, 5) is 41.7. The molecule has 0 unspecified atom stereocenters. The van der Waals surface area contributed by atoms with Gasteiger partial charge in [0.1, 0.15) is 11.7 Å². The first kappa shape index (κ1) is 16.6. The van der Waals surface area contributed by atoms with Crippen molar-refractivity contribution in [1.29, 1.82) is 0 Å². The van der Waals surface area contributed by atoms with Crippen LogP contribution in [0.3, 0.4) is 0 Å². The van der Waals surface area contributed by atoms with Crippen LogP contribution in [0.5, 0.6) is 0 Å². The molecule has 7 heteroatoms. The second-order valence-electron chi connectivity index (χ2n) is 7.21. The van der Waals surface area contributed by atoms with Crippen molar-refractivity contribution in [3.8, 4) is 5.69 Å². The monoisotopic (exact) mass is 354 g/mol. The van der Waals surface area contributed by atoms with E-state index in [-0.39, 0.29) is 23.2 Å². The molecule has 2 aliphatic rings. The number of carbonyl (C=O) groups excluding carboxylic acids is 2. The molecule has 4 rings (SSSR count). The fourth-order valence-electron chi connectivity index (χ4n) is 3.99. The lowest BCUT2D eigenvalue weighted by molar-refractivity contribution is -0.120. The summed E-state index contributed by atoms with van der Waals surface area (Å²) < 4.78 is 3.18. The second kappa shape index (κ2) is 5.86. The topological polar surface area (TPSA) is 67.6 Å². The number of hydrogen-bond donors (Lipinski definition) is 0. The molecule has 0 N–H and O–H groups in total. The van der Waals surface area contributed by atoms with E-state index in [1.54, 1.807) is 23.6 Å². The number of amides is 3. The zero-order valence-electron chi connectivity index (χ0n) is 15.2. The van der Waals surface area contributed by atoms with E-state index in [9.17, 15) is 14.4 Å². The standard InChI is InChI=1S/C19H22N4O3/c1-12-9-10-21-15(11-12)17(24)22(19(21)26)16-13(2)20(3)23(18(16)25)14-7-5-4-6-8-14/h4-8,12,15H,9-11H2,1-3H3/t12-,15+/m1/s1. The SMILES string of the molecule is Cc1c(N2C(=O)[C@@H]3C[C@H](C)CCN3C2=O)c(=O)n(-c2ccccc2)n1C. The lowest BCUT2D eigenvalue weighted by atomic mass is 9.93. The minimum Gasteiger partial charge on any atom is -0.312 e. The fraction of sp³-hybridized carbons (Fsp3) is 0.421. The van der Waals surface area contributed by atoms with Gasteiger partial charge in [-0.05, 0) is 37.8 Å². The summed E-state index contributed by atoms with van der Waals surface area (Å²) in [5.41, 5.74) is 1.09. The molecule has 2 aliphatic heterocycles. The van der Waals surface area contributed by atoms with Crippen LogP contribution in [0.15, 0.2) is 35.1 Å². The molecule has 2 saturated heterocycles. The Labute approximate surface area is 151 Å². The molecule has 3 amide bonds. The third-order valence-corrected chi connectivity index (χ3v) is 5.55. The van der Waals surface area contributed by atoms with Crippen molar-refractivity contribution in [2.45, 2.75) is 32.7 Å². The number of aromatic nitrogens is 2. The van der Waals surface area contributed by atoms with Gasteiger partial charge in [0, 0.05) is 13.6 Å². The number of carbonyl (C=O) groups is 2. The second-order valence-corrected chi connectivity index (χ2v) is 7.21. The molecule has 136 valence electrons. The molecule has 7 nitrogen and oxygen atoms in total. The lowest BCUT2D eigenvalue weighted by Crippen LogP contribution is -2.41. The molecule has 1 aromatic heterocycles. The van der Waals surface area contributed by atoms with E-state index >= 15 is 0 Å². The minimum atomic E-state index is -0.449. The normalized spacial score (nSPS) is 22.9. The number of hydrogen-bond acceptors (Lipinski definition) is 3. The van der Waals surface area contributed by atoms with Gasteiger partial charge in [0.05, 0.1) is 11.4 Å². The molecule has 0 radical (unpaired) electrons. The van der Waals surface area contributed by atoms with Crippen molar-refractivity contribution in [2.75, 3.05) is 11.4 Å². The highest BCUT2D eigenvalue weighted by Gasteiger charge is 2.49. The van der Waals surface area contributed by atoms with E-state index in [0.717, 1.165) is 11.3 Å². The predicted octanol–water partition coefficient (Wildman–Crippen LogP) is 2.05. The molecule has 0 spiro atoms. The number of rotatable bonds is 2. The van der Waals surface area contributed by atoms with Crippen molar-refractivity contribution < 1.29 is 9.59 Å². The smallest absolute Gasteiger partial charge is 0.312 e. The van der Waals surface area contributed by atoms with Crippen LogP contribution in [0.1, 0.15) is 25.5 Å². The third-order valence-electron chi connectivity index (χ3n) is 5.55. The van der Waals surface area contributed by atoms with Crippen LogP contribution in [-0.2, 0) is 11.8 Å². The molecule has 26 heavy (non-hydrogen) atoms. The molecule has 1 aromatic carbocycles. The number of piperidine rings is 1. The Hall–Kier alpha value is -2.83. The van der Waals surface area contributed by atoms with Crippen molar-refractivity contribution in [3.05, 3.63) is 46.4 Å². The van der Waals surface area contributed by atoms with Crippen LogP contribution >= 0.6 is 0 Å². The molecule has 2 atom stereocenters. The Morgan fingerprint density at radius 3 is 2.46 bits per heavy atom. The highest BCUT2D eigenvalue weighted by atomic mass is 16.2. The van der Waals surface area contributed by atoms with Crippen LogP contribution in [-0.4, -0.2) is 38.8 Å². The first-order valence-electron chi connectivity index (χ1n) is 8.90. The largest absolute Gasteiger partial charge is 0.332 e. The average Bonchev–Trinajstić information content (AvgIpc) is 2.99. The molecule has 0 bridgehead atoms. The maximum absolute atomic E-state index is 13.1. The maximum Gasteiger partial charge on any atom is 0.332 e. The van der Waals surface area contributed by atoms with Crippen molar-refractivity contribution in [1.82, 2.24) is 14.3 Å². The van der Waals surface area contributed by atoms with Crippen LogP contribution in [0.4, 0.5) is 10.5 Å². The summed E-state index contributed by atoms with van der Waals surface area (Å²) in [6, 6.07) is 8.38. The van der Waals surface area contributed by atoms with Gasteiger partial charge in [0.25, 0.3) is 11.5 Å². The Morgan fingerprint density at radius 1 is 1.08 bits per heavy atom. The Kier molecular flexibility index (Phi) is 3.75. The first-order chi connectivity index (χ1) is 12.4. The third kappa shape index (κ3) is 2.23. The Bertz CT molecular complexity index is 944. The van der Waals surface area contributed by atoms with Crippen LogP contribution in [0.2, 0.25) is 0 Å². The zero-order valence-corrected chi connectivity index (χ0v) is 15.2. The first-order valence-corrected chi connectivity index (χ1v) is 8.90. The van der Waals surface area contributed by atoms with E-state index in [2.05, 4.69) is 6.92 Å². The van der Waals surface area contributed by atoms with Crippen LogP contribution < -0.4 is 10.5 Å². The van der Waals surface area contributed by atoms with Crippen LogP contribution in [0, 0.1) is 12.8 Å². The van der Waals surface area contributed by atoms with Gasteiger partial charge in [0.15, 0.2) is 0 Å². The van der Waals surface area contributed by atoms with Crippen molar-refractivity contribution in [3.63, 3.8) is 0 Å². The molecular formula is C19H22N4O3. The van der Waals surface area contributed by atoms with Crippen molar-refractivity contribution >= 4 is 17.6 Å². The van der Waals surface area contributed by atoms with Gasteiger partial charge in [-0.2, -0.15) is 0 Å². The van der Waals surface area contributed by atoms with E-state index in [4.69, 9.17) is 0 Å². The van der Waals surface area contributed by atoms with Gasteiger partial charge < -0.3 is 4.90 Å². The highest BCUT2D eigenvalue weighted by Crippen LogP contribution is 2.33.